The van der Waals surface area contributed by atoms with E-state index in [4.69, 9.17) is 16.3 Å². The number of hydrogen-bond acceptors (Lipinski definition) is 5. The second-order valence-corrected chi connectivity index (χ2v) is 8.33. The molecule has 7 heteroatoms. The lowest BCUT2D eigenvalue weighted by Crippen LogP contribution is -2.12. The van der Waals surface area contributed by atoms with Gasteiger partial charge in [-0.25, -0.2) is 4.98 Å². The molecule has 3 rings (SSSR count). The second kappa shape index (κ2) is 7.41. The summed E-state index contributed by atoms with van der Waals surface area (Å²) in [5, 5.41) is 11.3. The van der Waals surface area contributed by atoms with Crippen LogP contribution in [-0.2, 0) is 9.53 Å². The molecule has 0 unspecified atom stereocenters. The van der Waals surface area contributed by atoms with Crippen LogP contribution in [0.3, 0.4) is 0 Å². The Morgan fingerprint density at radius 2 is 2.08 bits per heavy atom. The smallest absolute Gasteiger partial charge is 0.302 e. The van der Waals surface area contributed by atoms with Crippen molar-refractivity contribution in [2.24, 2.45) is 0 Å². The zero-order valence-corrected chi connectivity index (χ0v) is 16.7. The van der Waals surface area contributed by atoms with Gasteiger partial charge in [0, 0.05) is 17.5 Å². The summed E-state index contributed by atoms with van der Waals surface area (Å²) in [6.07, 6.45) is -0.931. The van der Waals surface area contributed by atoms with Crippen LogP contribution in [0.1, 0.15) is 24.2 Å². The number of rotatable bonds is 4. The Kier molecular flexibility index (Phi) is 5.43. The first-order chi connectivity index (χ1) is 11.9. The average molecular weight is 441 g/mol. The molecule has 1 N–H and O–H groups in total. The second-order valence-electron chi connectivity index (χ2n) is 5.62. The number of benzene rings is 2. The molecule has 0 radical (unpaired) electrons. The highest BCUT2D eigenvalue weighted by molar-refractivity contribution is 9.11. The van der Waals surface area contributed by atoms with Crippen LogP contribution in [0.5, 0.6) is 0 Å². The minimum absolute atomic E-state index is 0.0950. The Morgan fingerprint density at radius 1 is 1.40 bits per heavy atom. The first-order valence-corrected chi connectivity index (χ1v) is 9.52. The number of aliphatic hydroxyl groups excluding tert-OH is 1. The predicted molar refractivity (Wildman–Crippen MR) is 104 cm³/mol. The third kappa shape index (κ3) is 3.87. The minimum atomic E-state index is -0.931. The number of hydrogen-bond donors (Lipinski definition) is 1. The number of carbonyl (C=O) groups is 1. The first kappa shape index (κ1) is 18.3. The van der Waals surface area contributed by atoms with Gasteiger partial charge in [0.1, 0.15) is 12.7 Å². The van der Waals surface area contributed by atoms with E-state index in [-0.39, 0.29) is 6.61 Å². The number of ether oxygens (including phenoxy) is 1. The van der Waals surface area contributed by atoms with Crippen LogP contribution < -0.4 is 0 Å². The zero-order valence-electron chi connectivity index (χ0n) is 13.5. The van der Waals surface area contributed by atoms with Crippen molar-refractivity contribution in [2.45, 2.75) is 20.0 Å². The number of esters is 1. The fourth-order valence-electron chi connectivity index (χ4n) is 2.80. The van der Waals surface area contributed by atoms with Crippen LogP contribution in [0, 0.1) is 6.92 Å². The molecule has 0 amide bonds. The third-order valence-electron chi connectivity index (χ3n) is 3.81. The monoisotopic (exact) mass is 439 g/mol. The van der Waals surface area contributed by atoms with Crippen molar-refractivity contribution in [3.05, 3.63) is 50.4 Å². The van der Waals surface area contributed by atoms with Gasteiger partial charge in [-0.3, -0.25) is 4.79 Å². The Hall–Kier alpha value is -1.47. The molecule has 130 valence electrons. The molecule has 0 aliphatic heterocycles. The van der Waals surface area contributed by atoms with E-state index in [0.29, 0.717) is 5.02 Å². The fourth-order valence-corrected chi connectivity index (χ4v) is 4.45. The molecular formula is C18H15BrClNO3S. The van der Waals surface area contributed by atoms with Crippen molar-refractivity contribution in [1.82, 2.24) is 4.98 Å². The van der Waals surface area contributed by atoms with Crippen LogP contribution in [0.25, 0.3) is 21.3 Å². The molecule has 0 spiro atoms. The van der Waals surface area contributed by atoms with Gasteiger partial charge in [0.05, 0.1) is 10.2 Å². The van der Waals surface area contributed by atoms with Crippen LogP contribution in [0.2, 0.25) is 5.02 Å². The van der Waals surface area contributed by atoms with Crippen LogP contribution in [0.4, 0.5) is 0 Å². The van der Waals surface area contributed by atoms with Crippen molar-refractivity contribution >= 4 is 55.1 Å². The van der Waals surface area contributed by atoms with Gasteiger partial charge in [-0.15, -0.1) is 11.3 Å². The fraction of sp³-hybridized carbons (Fsp3) is 0.222. The number of fused-ring (bicyclic) bond motifs is 1. The number of carbonyl (C=O) groups excluding carboxylic acids is 1. The number of aliphatic hydroxyl groups is 1. The highest BCUT2D eigenvalue weighted by atomic mass is 79.9. The number of aromatic nitrogens is 1. The van der Waals surface area contributed by atoms with E-state index in [1.54, 1.807) is 0 Å². The normalized spacial score (nSPS) is 12.4. The molecule has 0 saturated carbocycles. The molecule has 0 aliphatic carbocycles. The van der Waals surface area contributed by atoms with E-state index in [1.165, 1.54) is 18.3 Å². The van der Waals surface area contributed by atoms with Gasteiger partial charge >= 0.3 is 5.97 Å². The molecule has 2 aromatic carbocycles. The number of thiazole rings is 1. The lowest BCUT2D eigenvalue weighted by molar-refractivity contribution is -0.144. The third-order valence-corrected chi connectivity index (χ3v) is 5.60. The quantitative estimate of drug-likeness (QED) is 0.560. The molecule has 1 aromatic heterocycles. The summed E-state index contributed by atoms with van der Waals surface area (Å²) in [5.74, 6) is -0.425. The summed E-state index contributed by atoms with van der Waals surface area (Å²) in [4.78, 5) is 15.6. The average Bonchev–Trinajstić information content (AvgIpc) is 2.92. The molecule has 1 heterocycles. The minimum Gasteiger partial charge on any atom is -0.463 e. The summed E-state index contributed by atoms with van der Waals surface area (Å²) in [6.45, 7) is 3.14. The van der Waals surface area contributed by atoms with Crippen molar-refractivity contribution in [3.8, 4) is 11.1 Å². The van der Waals surface area contributed by atoms with Crippen molar-refractivity contribution in [3.63, 3.8) is 0 Å². The Morgan fingerprint density at radius 3 is 2.72 bits per heavy atom. The van der Waals surface area contributed by atoms with Crippen molar-refractivity contribution in [1.29, 1.82) is 0 Å². The Balaban J connectivity index is 2.23. The largest absolute Gasteiger partial charge is 0.463 e. The Labute approximate surface area is 162 Å². The highest BCUT2D eigenvalue weighted by Gasteiger charge is 2.22. The lowest BCUT2D eigenvalue weighted by atomic mass is 9.92. The molecule has 1 atom stereocenters. The van der Waals surface area contributed by atoms with Gasteiger partial charge in [0.2, 0.25) is 0 Å². The van der Waals surface area contributed by atoms with E-state index in [9.17, 15) is 9.90 Å². The zero-order chi connectivity index (χ0) is 18.1. The van der Waals surface area contributed by atoms with Crippen LogP contribution in [0.15, 0.2) is 34.2 Å². The molecule has 0 saturated heterocycles. The standard InChI is InChI=1S/C18H15BrClNO3S/c1-9-7-13-17(25-18(19)21-13)16(11-3-5-12(20)6-4-11)15(9)14(23)8-24-10(2)22/h3-7,14,23H,8H2,1-2H3/t14-/m1/s1. The maximum Gasteiger partial charge on any atom is 0.302 e. The van der Waals surface area contributed by atoms with E-state index in [0.717, 1.165) is 36.4 Å². The number of nitrogens with zero attached hydrogens (tertiary/aromatic N) is 1. The van der Waals surface area contributed by atoms with Gasteiger partial charge in [0.25, 0.3) is 0 Å². The first-order valence-electron chi connectivity index (χ1n) is 7.53. The molecule has 0 bridgehead atoms. The summed E-state index contributed by atoms with van der Waals surface area (Å²) in [5.41, 5.74) is 4.27. The number of halogens is 2. The van der Waals surface area contributed by atoms with Crippen LogP contribution >= 0.6 is 38.9 Å². The van der Waals surface area contributed by atoms with Gasteiger partial charge in [0.15, 0.2) is 3.92 Å². The summed E-state index contributed by atoms with van der Waals surface area (Å²) in [6, 6.07) is 9.37. The molecule has 3 aromatic rings. The van der Waals surface area contributed by atoms with Crippen LogP contribution in [-0.4, -0.2) is 22.7 Å². The maximum atomic E-state index is 11.1. The highest BCUT2D eigenvalue weighted by Crippen LogP contribution is 2.41. The maximum absolute atomic E-state index is 11.1. The van der Waals surface area contributed by atoms with E-state index < -0.39 is 12.1 Å². The summed E-state index contributed by atoms with van der Waals surface area (Å²) < 4.78 is 6.73. The summed E-state index contributed by atoms with van der Waals surface area (Å²) >= 11 is 10.9. The Bertz CT molecular complexity index is 940. The molecule has 0 aliphatic rings. The molecular weight excluding hydrogens is 426 g/mol. The molecule has 25 heavy (non-hydrogen) atoms. The van der Waals surface area contributed by atoms with E-state index in [2.05, 4.69) is 20.9 Å². The molecule has 0 fully saturated rings. The van der Waals surface area contributed by atoms with E-state index in [1.807, 2.05) is 37.3 Å². The number of aryl methyl sites for hydroxylation is 1. The van der Waals surface area contributed by atoms with Crippen molar-refractivity contribution in [2.75, 3.05) is 6.61 Å². The summed E-state index contributed by atoms with van der Waals surface area (Å²) in [7, 11) is 0. The van der Waals surface area contributed by atoms with E-state index >= 15 is 0 Å². The van der Waals surface area contributed by atoms with Crippen molar-refractivity contribution < 1.29 is 14.6 Å². The van der Waals surface area contributed by atoms with Gasteiger partial charge in [-0.05, 0) is 57.7 Å². The van der Waals surface area contributed by atoms with Gasteiger partial charge in [-0.1, -0.05) is 23.7 Å². The predicted octanol–water partition coefficient (Wildman–Crippen LogP) is 5.28. The van der Waals surface area contributed by atoms with Gasteiger partial charge < -0.3 is 9.84 Å². The SMILES string of the molecule is CC(=O)OC[C@@H](O)c1c(C)cc2nc(Br)sc2c1-c1ccc(Cl)cc1. The van der Waals surface area contributed by atoms with Gasteiger partial charge in [-0.2, -0.15) is 0 Å². The lowest BCUT2D eigenvalue weighted by Gasteiger charge is -2.19. The topological polar surface area (TPSA) is 59.4 Å². The molecule has 4 nitrogen and oxygen atoms in total.